The van der Waals surface area contributed by atoms with E-state index in [2.05, 4.69) is 40.0 Å². The van der Waals surface area contributed by atoms with Crippen molar-refractivity contribution in [1.82, 2.24) is 4.90 Å². The van der Waals surface area contributed by atoms with Crippen LogP contribution in [0.25, 0.3) is 0 Å². The van der Waals surface area contributed by atoms with Crippen LogP contribution in [0.2, 0.25) is 0 Å². The number of carbonyl (C=O) groups excluding carboxylic acids is 3. The molecule has 3 saturated heterocycles. The number of halogens is 1. The van der Waals surface area contributed by atoms with E-state index in [0.29, 0.717) is 31.5 Å². The van der Waals surface area contributed by atoms with Gasteiger partial charge in [0.2, 0.25) is 11.8 Å². The summed E-state index contributed by atoms with van der Waals surface area (Å²) in [6, 6.07) is 6.85. The number of hydrogen-bond acceptors (Lipinski definition) is 7. The Balaban J connectivity index is 1.60. The molecule has 1 unspecified atom stereocenters. The molecule has 1 aromatic carbocycles. The first-order valence-electron chi connectivity index (χ1n) is 13.9. The smallest absolute Gasteiger partial charge is 0.312 e. The monoisotopic (exact) mass is 593 g/mol. The fourth-order valence-electron chi connectivity index (χ4n) is 6.48. The summed E-state index contributed by atoms with van der Waals surface area (Å²) >= 11 is 3.66. The Hall–Kier alpha value is -2.17. The van der Waals surface area contributed by atoms with Gasteiger partial charge in [0.1, 0.15) is 11.6 Å². The number of anilines is 2. The van der Waals surface area contributed by atoms with Crippen molar-refractivity contribution in [3.05, 3.63) is 24.3 Å². The number of nitrogens with one attached hydrogen (secondary N) is 1. The van der Waals surface area contributed by atoms with Crippen LogP contribution in [-0.4, -0.2) is 83.2 Å². The first-order chi connectivity index (χ1) is 18.3. The molecule has 3 aliphatic heterocycles. The average Bonchev–Trinajstić information content (AvgIpc) is 3.49. The number of alkyl halides is 1. The molecule has 0 aliphatic carbocycles. The van der Waals surface area contributed by atoms with Crippen LogP contribution in [0.1, 0.15) is 52.9 Å². The minimum absolute atomic E-state index is 0.134. The molecule has 3 fully saturated rings. The molecule has 2 N–H and O–H groups in total. The molecule has 6 atom stereocenters. The van der Waals surface area contributed by atoms with Crippen LogP contribution in [0.4, 0.5) is 11.4 Å². The van der Waals surface area contributed by atoms with Crippen molar-refractivity contribution in [3.8, 4) is 0 Å². The molecule has 10 heteroatoms. The van der Waals surface area contributed by atoms with E-state index in [4.69, 9.17) is 14.6 Å². The van der Waals surface area contributed by atoms with E-state index in [1.54, 1.807) is 11.8 Å². The number of esters is 1. The maximum Gasteiger partial charge on any atom is 0.312 e. The van der Waals surface area contributed by atoms with Crippen LogP contribution >= 0.6 is 15.9 Å². The van der Waals surface area contributed by atoms with E-state index in [1.807, 2.05) is 24.3 Å². The number of fused-ring (bicyclic) bond motifs is 1. The summed E-state index contributed by atoms with van der Waals surface area (Å²) in [7, 11) is 0. The first-order valence-corrected chi connectivity index (χ1v) is 14.8. The lowest BCUT2D eigenvalue weighted by Crippen LogP contribution is -2.54. The second-order valence-corrected chi connectivity index (χ2v) is 11.5. The van der Waals surface area contributed by atoms with Gasteiger partial charge in [0.25, 0.3) is 0 Å². The average molecular weight is 595 g/mol. The van der Waals surface area contributed by atoms with Crippen LogP contribution < -0.4 is 10.2 Å². The van der Waals surface area contributed by atoms with Gasteiger partial charge >= 0.3 is 5.97 Å². The highest BCUT2D eigenvalue weighted by molar-refractivity contribution is 9.09. The van der Waals surface area contributed by atoms with Gasteiger partial charge in [0, 0.05) is 42.4 Å². The van der Waals surface area contributed by atoms with Gasteiger partial charge in [0.05, 0.1) is 24.5 Å². The molecule has 3 heterocycles. The van der Waals surface area contributed by atoms with Crippen molar-refractivity contribution in [2.75, 3.05) is 43.1 Å². The Morgan fingerprint density at radius 3 is 2.47 bits per heavy atom. The van der Waals surface area contributed by atoms with E-state index >= 15 is 0 Å². The van der Waals surface area contributed by atoms with Crippen molar-refractivity contribution in [2.45, 2.75) is 75.4 Å². The highest BCUT2D eigenvalue weighted by atomic mass is 79.9. The number of unbranched alkanes of at least 4 members (excludes halogenated alkanes) is 3. The number of likely N-dealkylation sites (tertiary alicyclic amines) is 1. The van der Waals surface area contributed by atoms with Crippen molar-refractivity contribution < 1.29 is 29.0 Å². The summed E-state index contributed by atoms with van der Waals surface area (Å²) in [6.45, 7) is 8.44. The lowest BCUT2D eigenvalue weighted by Gasteiger charge is -2.34. The fraction of sp³-hybridized carbons (Fsp3) is 0.679. The van der Waals surface area contributed by atoms with E-state index in [-0.39, 0.29) is 29.9 Å². The third kappa shape index (κ3) is 5.19. The summed E-state index contributed by atoms with van der Waals surface area (Å²) in [6.07, 6.45) is 3.02. The van der Waals surface area contributed by atoms with Crippen molar-refractivity contribution in [2.24, 2.45) is 11.8 Å². The highest BCUT2D eigenvalue weighted by Crippen LogP contribution is 2.60. The molecule has 2 amide bonds. The molecule has 0 saturated carbocycles. The third-order valence-corrected chi connectivity index (χ3v) is 9.01. The molecule has 0 aromatic heterocycles. The van der Waals surface area contributed by atoms with Gasteiger partial charge in [-0.1, -0.05) is 28.8 Å². The van der Waals surface area contributed by atoms with Crippen LogP contribution in [0, 0.1) is 11.8 Å². The molecular weight excluding hydrogens is 554 g/mol. The third-order valence-electron chi connectivity index (χ3n) is 8.17. The summed E-state index contributed by atoms with van der Waals surface area (Å²) < 4.78 is 11.8. The number of rotatable bonds is 13. The normalized spacial score (nSPS) is 29.4. The van der Waals surface area contributed by atoms with Gasteiger partial charge in [-0.25, -0.2) is 0 Å². The molecular formula is C28H40BrN3O6. The molecule has 2 bridgehead atoms. The number of ether oxygens (including phenoxy) is 2. The molecule has 3 aliphatic rings. The van der Waals surface area contributed by atoms with Crippen molar-refractivity contribution >= 4 is 45.1 Å². The van der Waals surface area contributed by atoms with E-state index in [0.717, 1.165) is 31.6 Å². The predicted octanol–water partition coefficient (Wildman–Crippen LogP) is 3.34. The maximum absolute atomic E-state index is 13.9. The lowest BCUT2D eigenvalue weighted by molar-refractivity contribution is -0.154. The Kier molecular flexibility index (Phi) is 9.36. The highest BCUT2D eigenvalue weighted by Gasteiger charge is 2.76. The number of aliphatic hydroxyl groups is 1. The minimum atomic E-state index is -1.09. The number of hydrogen-bond donors (Lipinski definition) is 2. The number of benzene rings is 1. The van der Waals surface area contributed by atoms with Gasteiger partial charge in [0.15, 0.2) is 0 Å². The fourth-order valence-corrected chi connectivity index (χ4v) is 7.42. The Labute approximate surface area is 233 Å². The van der Waals surface area contributed by atoms with E-state index in [1.165, 1.54) is 0 Å². The summed E-state index contributed by atoms with van der Waals surface area (Å²) in [5.41, 5.74) is 0.624. The maximum atomic E-state index is 13.9. The number of nitrogens with zero attached hydrogens (tertiary/aromatic N) is 2. The molecule has 1 spiro atoms. The Bertz CT molecular complexity index is 1000. The zero-order valence-electron chi connectivity index (χ0n) is 22.5. The van der Waals surface area contributed by atoms with Crippen LogP contribution in [-0.2, 0) is 23.9 Å². The second-order valence-electron chi connectivity index (χ2n) is 10.3. The number of amides is 2. The van der Waals surface area contributed by atoms with Crippen LogP contribution in [0.5, 0.6) is 0 Å². The Morgan fingerprint density at radius 2 is 1.84 bits per heavy atom. The lowest BCUT2D eigenvalue weighted by atomic mass is 9.70. The van der Waals surface area contributed by atoms with Gasteiger partial charge in [-0.3, -0.25) is 14.4 Å². The minimum Gasteiger partial charge on any atom is -0.466 e. The predicted molar refractivity (Wildman–Crippen MR) is 148 cm³/mol. The zero-order chi connectivity index (χ0) is 27.4. The van der Waals surface area contributed by atoms with Gasteiger partial charge < -0.3 is 29.7 Å². The zero-order valence-corrected chi connectivity index (χ0v) is 24.1. The van der Waals surface area contributed by atoms with Gasteiger partial charge in [-0.15, -0.1) is 0 Å². The number of carbonyl (C=O) groups is 3. The Morgan fingerprint density at radius 1 is 1.16 bits per heavy atom. The van der Waals surface area contributed by atoms with Crippen LogP contribution in [0.3, 0.4) is 0 Å². The molecule has 1 aromatic rings. The van der Waals surface area contributed by atoms with Gasteiger partial charge in [-0.2, -0.15) is 0 Å². The largest absolute Gasteiger partial charge is 0.466 e. The molecule has 210 valence electrons. The van der Waals surface area contributed by atoms with Crippen LogP contribution in [0.15, 0.2) is 24.3 Å². The van der Waals surface area contributed by atoms with E-state index < -0.39 is 35.6 Å². The second kappa shape index (κ2) is 12.3. The standard InChI is InChI=1S/C28H40BrN3O6/c1-4-31(5-2)19-13-11-18(12-14-19)30-25(34)24-28-17-20(29)23(38-28)21(27(36)37-6-3)22(28)26(35)32(24)15-9-7-8-10-16-33/h11-14,20-24,33H,4-10,15-17H2,1-3H3,(H,30,34)/t20?,21-,22+,23-,24-,28+/m0/s1. The first kappa shape index (κ1) is 28.8. The SMILES string of the molecule is CCOC(=O)[C@@H]1[C@H]2O[C@@]3(CC2Br)[C@H](C(=O)Nc2ccc(N(CC)CC)cc2)N(CCCCCCO)C(=O)[C@@H]13. The summed E-state index contributed by atoms with van der Waals surface area (Å²) in [4.78, 5) is 44.5. The number of aliphatic hydroxyl groups excluding tert-OH is 1. The quantitative estimate of drug-likeness (QED) is 0.205. The molecule has 0 radical (unpaired) electrons. The molecule has 38 heavy (non-hydrogen) atoms. The molecule has 9 nitrogen and oxygen atoms in total. The van der Waals surface area contributed by atoms with E-state index in [9.17, 15) is 14.4 Å². The summed E-state index contributed by atoms with van der Waals surface area (Å²) in [5, 5.41) is 12.1. The van der Waals surface area contributed by atoms with Gasteiger partial charge in [-0.05, 0) is 64.3 Å². The van der Waals surface area contributed by atoms with Crippen molar-refractivity contribution in [1.29, 1.82) is 0 Å². The topological polar surface area (TPSA) is 108 Å². The summed E-state index contributed by atoms with van der Waals surface area (Å²) in [5.74, 6) is -2.47. The molecule has 4 rings (SSSR count). The van der Waals surface area contributed by atoms with Crippen molar-refractivity contribution in [3.63, 3.8) is 0 Å².